The molecule has 1 heterocycles. The fraction of sp³-hybridized carbons (Fsp3) is 0.800. The van der Waals surface area contributed by atoms with Crippen LogP contribution in [0.5, 0.6) is 0 Å². The fourth-order valence-electron chi connectivity index (χ4n) is 2.12. The predicted octanol–water partition coefficient (Wildman–Crippen LogP) is -0.416. The number of methoxy groups -OCH3 is 1. The Morgan fingerprint density at radius 2 is 2.00 bits per heavy atom. The van der Waals surface area contributed by atoms with E-state index in [1.54, 1.807) is 0 Å². The number of hydrogen-bond acceptors (Lipinski definition) is 5. The lowest BCUT2D eigenvalue weighted by Gasteiger charge is -2.31. The SMILES string of the molecule is COC(=O)[C@H](C)N(C(C)=O)[C@@H]1CCS(=O)(=O)C1. The lowest BCUT2D eigenvalue weighted by atomic mass is 10.1. The van der Waals surface area contributed by atoms with Gasteiger partial charge in [-0.3, -0.25) is 4.79 Å². The minimum Gasteiger partial charge on any atom is -0.467 e. The second-order valence-electron chi connectivity index (χ2n) is 4.18. The molecule has 1 aliphatic heterocycles. The van der Waals surface area contributed by atoms with Crippen LogP contribution in [0.4, 0.5) is 0 Å². The molecular formula is C10H17NO5S. The summed E-state index contributed by atoms with van der Waals surface area (Å²) in [5, 5.41) is 0. The Labute approximate surface area is 101 Å². The Morgan fingerprint density at radius 1 is 1.41 bits per heavy atom. The van der Waals surface area contributed by atoms with Gasteiger partial charge in [-0.25, -0.2) is 13.2 Å². The van der Waals surface area contributed by atoms with E-state index in [9.17, 15) is 18.0 Å². The molecule has 0 aromatic rings. The molecule has 17 heavy (non-hydrogen) atoms. The van der Waals surface area contributed by atoms with E-state index in [1.165, 1.54) is 25.9 Å². The normalized spacial score (nSPS) is 24.1. The molecule has 0 bridgehead atoms. The Morgan fingerprint density at radius 3 is 2.35 bits per heavy atom. The topological polar surface area (TPSA) is 80.8 Å². The first-order chi connectivity index (χ1) is 7.78. The van der Waals surface area contributed by atoms with Crippen LogP contribution >= 0.6 is 0 Å². The van der Waals surface area contributed by atoms with E-state index in [-0.39, 0.29) is 17.4 Å². The minimum atomic E-state index is -3.09. The third kappa shape index (κ3) is 3.18. The summed E-state index contributed by atoms with van der Waals surface area (Å²) in [6, 6.07) is -1.18. The first kappa shape index (κ1) is 14.0. The van der Waals surface area contributed by atoms with E-state index < -0.39 is 27.9 Å². The maximum atomic E-state index is 11.5. The van der Waals surface area contributed by atoms with E-state index in [2.05, 4.69) is 4.74 Å². The number of rotatable bonds is 3. The van der Waals surface area contributed by atoms with Crippen LogP contribution in [0.3, 0.4) is 0 Å². The zero-order valence-corrected chi connectivity index (χ0v) is 11.0. The van der Waals surface area contributed by atoms with Crippen LogP contribution in [0.2, 0.25) is 0 Å². The van der Waals surface area contributed by atoms with E-state index in [4.69, 9.17) is 0 Å². The van der Waals surface area contributed by atoms with Crippen molar-refractivity contribution in [2.24, 2.45) is 0 Å². The fourth-order valence-corrected chi connectivity index (χ4v) is 3.84. The Kier molecular flexibility index (Phi) is 4.13. The molecule has 7 heteroatoms. The largest absolute Gasteiger partial charge is 0.467 e. The maximum absolute atomic E-state index is 11.5. The van der Waals surface area contributed by atoms with E-state index >= 15 is 0 Å². The van der Waals surface area contributed by atoms with Crippen molar-refractivity contribution in [2.75, 3.05) is 18.6 Å². The number of sulfone groups is 1. The average Bonchev–Trinajstić information content (AvgIpc) is 2.57. The van der Waals surface area contributed by atoms with Gasteiger partial charge in [0.2, 0.25) is 5.91 Å². The van der Waals surface area contributed by atoms with Gasteiger partial charge in [-0.05, 0) is 13.3 Å². The monoisotopic (exact) mass is 263 g/mol. The van der Waals surface area contributed by atoms with E-state index in [1.807, 2.05) is 0 Å². The molecule has 0 saturated carbocycles. The van der Waals surface area contributed by atoms with Crippen molar-refractivity contribution in [1.29, 1.82) is 0 Å². The van der Waals surface area contributed by atoms with Gasteiger partial charge in [0.25, 0.3) is 0 Å². The highest BCUT2D eigenvalue weighted by Gasteiger charge is 2.38. The molecular weight excluding hydrogens is 246 g/mol. The van der Waals surface area contributed by atoms with Crippen molar-refractivity contribution in [1.82, 2.24) is 4.90 Å². The van der Waals surface area contributed by atoms with E-state index in [0.717, 1.165) is 0 Å². The lowest BCUT2D eigenvalue weighted by Crippen LogP contribution is -2.49. The molecule has 1 saturated heterocycles. The van der Waals surface area contributed by atoms with Crippen molar-refractivity contribution in [3.63, 3.8) is 0 Å². The number of nitrogens with zero attached hydrogens (tertiary/aromatic N) is 1. The molecule has 0 aromatic carbocycles. The highest BCUT2D eigenvalue weighted by Crippen LogP contribution is 2.20. The van der Waals surface area contributed by atoms with Gasteiger partial charge in [0, 0.05) is 13.0 Å². The third-order valence-corrected chi connectivity index (χ3v) is 4.68. The van der Waals surface area contributed by atoms with Gasteiger partial charge in [-0.15, -0.1) is 0 Å². The minimum absolute atomic E-state index is 0.0648. The van der Waals surface area contributed by atoms with Crippen molar-refractivity contribution in [3.05, 3.63) is 0 Å². The molecule has 0 aromatic heterocycles. The van der Waals surface area contributed by atoms with Crippen LogP contribution in [0.25, 0.3) is 0 Å². The standard InChI is InChI=1S/C10H17NO5S/c1-7(10(13)16-3)11(8(2)12)9-4-5-17(14,15)6-9/h7,9H,4-6H2,1-3H3/t7-,9+/m0/s1. The number of ether oxygens (including phenoxy) is 1. The van der Waals surface area contributed by atoms with Crippen molar-refractivity contribution < 1.29 is 22.7 Å². The molecule has 0 spiro atoms. The number of hydrogen-bond donors (Lipinski definition) is 0. The molecule has 1 rings (SSSR count). The summed E-state index contributed by atoms with van der Waals surface area (Å²) >= 11 is 0. The maximum Gasteiger partial charge on any atom is 0.328 e. The van der Waals surface area contributed by atoms with Gasteiger partial charge >= 0.3 is 5.97 Å². The van der Waals surface area contributed by atoms with Crippen molar-refractivity contribution in [2.45, 2.75) is 32.4 Å². The average molecular weight is 263 g/mol. The van der Waals surface area contributed by atoms with Gasteiger partial charge in [-0.2, -0.15) is 0 Å². The molecule has 6 nitrogen and oxygen atoms in total. The zero-order chi connectivity index (χ0) is 13.2. The lowest BCUT2D eigenvalue weighted by molar-refractivity contribution is -0.152. The molecule has 98 valence electrons. The smallest absolute Gasteiger partial charge is 0.328 e. The summed E-state index contributed by atoms with van der Waals surface area (Å²) in [6.45, 7) is 2.86. The quantitative estimate of drug-likeness (QED) is 0.646. The molecule has 2 atom stereocenters. The summed E-state index contributed by atoms with van der Waals surface area (Å²) in [5.74, 6) is -0.863. The first-order valence-electron chi connectivity index (χ1n) is 5.35. The van der Waals surface area contributed by atoms with Crippen molar-refractivity contribution in [3.8, 4) is 0 Å². The number of carbonyl (C=O) groups is 2. The van der Waals surface area contributed by atoms with E-state index in [0.29, 0.717) is 6.42 Å². The van der Waals surface area contributed by atoms with Crippen LogP contribution in [-0.2, 0) is 24.2 Å². The Bertz CT molecular complexity index is 416. The number of carbonyl (C=O) groups excluding carboxylic acids is 2. The molecule has 1 amide bonds. The summed E-state index contributed by atoms with van der Waals surface area (Å²) < 4.78 is 27.3. The number of amides is 1. The summed E-state index contributed by atoms with van der Waals surface area (Å²) in [5.41, 5.74) is 0. The van der Waals surface area contributed by atoms with Crippen LogP contribution in [-0.4, -0.2) is 55.9 Å². The van der Waals surface area contributed by atoms with Gasteiger partial charge in [0.05, 0.1) is 18.6 Å². The van der Waals surface area contributed by atoms with Gasteiger partial charge in [-0.1, -0.05) is 0 Å². The predicted molar refractivity (Wildman–Crippen MR) is 61.1 cm³/mol. The Balaban J connectivity index is 2.88. The summed E-state index contributed by atoms with van der Waals surface area (Å²) in [4.78, 5) is 24.2. The molecule has 1 fully saturated rings. The number of esters is 1. The molecule has 0 radical (unpaired) electrons. The molecule has 0 unspecified atom stereocenters. The second-order valence-corrected chi connectivity index (χ2v) is 6.41. The van der Waals surface area contributed by atoms with Crippen LogP contribution in [0.1, 0.15) is 20.3 Å². The van der Waals surface area contributed by atoms with Crippen LogP contribution < -0.4 is 0 Å². The van der Waals surface area contributed by atoms with Gasteiger partial charge < -0.3 is 9.64 Å². The summed E-state index contributed by atoms with van der Waals surface area (Å²) in [7, 11) is -1.85. The van der Waals surface area contributed by atoms with Gasteiger partial charge in [0.1, 0.15) is 6.04 Å². The zero-order valence-electron chi connectivity index (χ0n) is 10.2. The first-order valence-corrected chi connectivity index (χ1v) is 7.18. The Hall–Kier alpha value is -1.11. The second kappa shape index (κ2) is 5.03. The highest BCUT2D eigenvalue weighted by atomic mass is 32.2. The van der Waals surface area contributed by atoms with Gasteiger partial charge in [0.15, 0.2) is 9.84 Å². The van der Waals surface area contributed by atoms with Crippen LogP contribution in [0, 0.1) is 0 Å². The highest BCUT2D eigenvalue weighted by molar-refractivity contribution is 7.91. The molecule has 1 aliphatic rings. The molecule has 0 N–H and O–H groups in total. The third-order valence-electron chi connectivity index (χ3n) is 2.92. The van der Waals surface area contributed by atoms with Crippen molar-refractivity contribution >= 4 is 21.7 Å². The van der Waals surface area contributed by atoms with Crippen LogP contribution in [0.15, 0.2) is 0 Å². The summed E-state index contributed by atoms with van der Waals surface area (Å²) in [6.07, 6.45) is 0.378. The molecule has 0 aliphatic carbocycles.